The van der Waals surface area contributed by atoms with Crippen LogP contribution in [0, 0.1) is 6.92 Å². The van der Waals surface area contributed by atoms with Crippen LogP contribution in [0.15, 0.2) is 48.5 Å². The van der Waals surface area contributed by atoms with Gasteiger partial charge in [0.25, 0.3) is 0 Å². The van der Waals surface area contributed by atoms with E-state index >= 15 is 0 Å². The quantitative estimate of drug-likeness (QED) is 0.527. The predicted octanol–water partition coefficient (Wildman–Crippen LogP) is 4.76. The van der Waals surface area contributed by atoms with Crippen molar-refractivity contribution >= 4 is 28.7 Å². The van der Waals surface area contributed by atoms with Gasteiger partial charge in [-0.25, -0.2) is 0 Å². The molecule has 0 saturated heterocycles. The van der Waals surface area contributed by atoms with Crippen LogP contribution in [0.2, 0.25) is 0 Å². The Hall–Kier alpha value is -2.07. The maximum absolute atomic E-state index is 5.38. The summed E-state index contributed by atoms with van der Waals surface area (Å²) in [6.07, 6.45) is 2.09. The van der Waals surface area contributed by atoms with Gasteiger partial charge in [-0.15, -0.1) is 0 Å². The summed E-state index contributed by atoms with van der Waals surface area (Å²) in [6.45, 7) is 9.36. The summed E-state index contributed by atoms with van der Waals surface area (Å²) < 4.78 is 0. The lowest BCUT2D eigenvalue weighted by Crippen LogP contribution is -2.32. The first-order valence-electron chi connectivity index (χ1n) is 9.07. The first-order valence-corrected chi connectivity index (χ1v) is 9.48. The third-order valence-electron chi connectivity index (χ3n) is 4.29. The van der Waals surface area contributed by atoms with E-state index in [1.807, 2.05) is 0 Å². The molecule has 0 atom stereocenters. The smallest absolute Gasteiger partial charge is 0.170 e. The van der Waals surface area contributed by atoms with Crippen molar-refractivity contribution in [1.29, 1.82) is 0 Å². The van der Waals surface area contributed by atoms with Crippen LogP contribution < -0.4 is 15.5 Å². The summed E-state index contributed by atoms with van der Waals surface area (Å²) in [4.78, 5) is 2.39. The van der Waals surface area contributed by atoms with Crippen molar-refractivity contribution in [3.05, 3.63) is 59.7 Å². The van der Waals surface area contributed by atoms with Crippen LogP contribution in [0.5, 0.6) is 0 Å². The highest BCUT2D eigenvalue weighted by Crippen LogP contribution is 2.15. The number of thiocarbonyl (C=S) groups is 1. The van der Waals surface area contributed by atoms with Crippen molar-refractivity contribution in [1.82, 2.24) is 5.32 Å². The molecule has 25 heavy (non-hydrogen) atoms. The number of hydrogen-bond acceptors (Lipinski definition) is 2. The molecule has 2 N–H and O–H groups in total. The van der Waals surface area contributed by atoms with Crippen molar-refractivity contribution in [2.75, 3.05) is 29.9 Å². The van der Waals surface area contributed by atoms with E-state index in [0.29, 0.717) is 5.11 Å². The molecule has 3 nitrogen and oxygen atoms in total. The highest BCUT2D eigenvalue weighted by molar-refractivity contribution is 7.80. The lowest BCUT2D eigenvalue weighted by molar-refractivity contribution is 0.726. The van der Waals surface area contributed by atoms with Gasteiger partial charge in [0.1, 0.15) is 0 Å². The summed E-state index contributed by atoms with van der Waals surface area (Å²) in [7, 11) is 0. The second kappa shape index (κ2) is 10.0. The monoisotopic (exact) mass is 355 g/mol. The van der Waals surface area contributed by atoms with E-state index in [2.05, 4.69) is 84.8 Å². The van der Waals surface area contributed by atoms with Crippen LogP contribution in [-0.4, -0.2) is 24.7 Å². The molecule has 0 bridgehead atoms. The molecule has 0 saturated carbocycles. The van der Waals surface area contributed by atoms with Crippen LogP contribution in [0.1, 0.15) is 31.4 Å². The zero-order chi connectivity index (χ0) is 18.1. The number of anilines is 2. The van der Waals surface area contributed by atoms with Crippen molar-refractivity contribution in [3.63, 3.8) is 0 Å². The minimum atomic E-state index is 0.683. The summed E-state index contributed by atoms with van der Waals surface area (Å²) >= 11 is 5.38. The number of benzene rings is 2. The van der Waals surface area contributed by atoms with Crippen molar-refractivity contribution in [3.8, 4) is 0 Å². The van der Waals surface area contributed by atoms with Crippen LogP contribution in [0.3, 0.4) is 0 Å². The van der Waals surface area contributed by atoms with Crippen molar-refractivity contribution in [2.45, 2.75) is 33.6 Å². The normalized spacial score (nSPS) is 10.4. The van der Waals surface area contributed by atoms with Crippen molar-refractivity contribution < 1.29 is 0 Å². The standard InChI is InChI=1S/C21H29N3S/c1-4-18-9-11-19(12-10-18)23-21(25)22-15-6-16-24(5-2)20-13-7-17(3)8-14-20/h7-14H,4-6,15-16H2,1-3H3,(H2,22,23,25). The van der Waals surface area contributed by atoms with Gasteiger partial charge < -0.3 is 15.5 Å². The molecule has 0 fully saturated rings. The molecule has 2 aromatic carbocycles. The van der Waals surface area contributed by atoms with Gasteiger partial charge in [-0.1, -0.05) is 36.8 Å². The van der Waals surface area contributed by atoms with Crippen molar-refractivity contribution in [2.24, 2.45) is 0 Å². The minimum absolute atomic E-state index is 0.683. The van der Waals surface area contributed by atoms with E-state index in [4.69, 9.17) is 12.2 Å². The SMILES string of the molecule is CCc1ccc(NC(=S)NCCCN(CC)c2ccc(C)cc2)cc1. The van der Waals surface area contributed by atoms with Gasteiger partial charge in [-0.2, -0.15) is 0 Å². The summed E-state index contributed by atoms with van der Waals surface area (Å²) in [5.41, 5.74) is 4.94. The molecule has 2 rings (SSSR count). The molecule has 0 aliphatic heterocycles. The van der Waals surface area contributed by atoms with Gasteiger partial charge in [0, 0.05) is 31.0 Å². The van der Waals surface area contributed by atoms with Gasteiger partial charge in [0.2, 0.25) is 0 Å². The molecule has 0 aliphatic carbocycles. The maximum Gasteiger partial charge on any atom is 0.170 e. The van der Waals surface area contributed by atoms with Crippen LogP contribution >= 0.6 is 12.2 Å². The zero-order valence-corrected chi connectivity index (χ0v) is 16.3. The molecule has 0 aliphatic rings. The zero-order valence-electron chi connectivity index (χ0n) is 15.5. The first-order chi connectivity index (χ1) is 12.1. The molecule has 134 valence electrons. The molecular formula is C21H29N3S. The predicted molar refractivity (Wildman–Crippen MR) is 114 cm³/mol. The molecule has 4 heteroatoms. The van der Waals surface area contributed by atoms with Gasteiger partial charge in [-0.3, -0.25) is 0 Å². The first kappa shape index (κ1) is 19.3. The van der Waals surface area contributed by atoms with E-state index in [-0.39, 0.29) is 0 Å². The number of aryl methyl sites for hydroxylation is 2. The van der Waals surface area contributed by atoms with E-state index in [0.717, 1.165) is 38.2 Å². The Morgan fingerprint density at radius 2 is 1.68 bits per heavy atom. The molecule has 0 unspecified atom stereocenters. The van der Waals surface area contributed by atoms with Crippen LogP contribution in [0.25, 0.3) is 0 Å². The van der Waals surface area contributed by atoms with Gasteiger partial charge in [0.05, 0.1) is 0 Å². The molecule has 0 heterocycles. The van der Waals surface area contributed by atoms with Gasteiger partial charge in [0.15, 0.2) is 5.11 Å². The van der Waals surface area contributed by atoms with Crippen LogP contribution in [0.4, 0.5) is 11.4 Å². The lowest BCUT2D eigenvalue weighted by Gasteiger charge is -2.23. The Labute approximate surface area is 157 Å². The Kier molecular flexibility index (Phi) is 7.74. The van der Waals surface area contributed by atoms with E-state index < -0.39 is 0 Å². The van der Waals surface area contributed by atoms with Crippen LogP contribution in [-0.2, 0) is 6.42 Å². The molecule has 2 aromatic rings. The number of nitrogens with one attached hydrogen (secondary N) is 2. The fourth-order valence-corrected chi connectivity index (χ4v) is 2.92. The molecule has 0 radical (unpaired) electrons. The largest absolute Gasteiger partial charge is 0.372 e. The Morgan fingerprint density at radius 3 is 2.28 bits per heavy atom. The molecule has 0 spiro atoms. The molecular weight excluding hydrogens is 326 g/mol. The summed E-state index contributed by atoms with van der Waals surface area (Å²) in [5.74, 6) is 0. The number of nitrogens with zero attached hydrogens (tertiary/aromatic N) is 1. The van der Waals surface area contributed by atoms with Gasteiger partial charge in [-0.05, 0) is 68.7 Å². The van der Waals surface area contributed by atoms with E-state index in [1.165, 1.54) is 16.8 Å². The Bertz CT molecular complexity index is 650. The fourth-order valence-electron chi connectivity index (χ4n) is 2.70. The lowest BCUT2D eigenvalue weighted by atomic mass is 10.1. The maximum atomic E-state index is 5.38. The average molecular weight is 356 g/mol. The molecule has 0 aromatic heterocycles. The third kappa shape index (κ3) is 6.39. The number of hydrogen-bond donors (Lipinski definition) is 2. The Morgan fingerprint density at radius 1 is 1.00 bits per heavy atom. The van der Waals surface area contributed by atoms with E-state index in [1.54, 1.807) is 0 Å². The summed E-state index contributed by atoms with van der Waals surface area (Å²) in [6, 6.07) is 17.1. The summed E-state index contributed by atoms with van der Waals surface area (Å²) in [5, 5.41) is 7.22. The number of rotatable bonds is 8. The third-order valence-corrected chi connectivity index (χ3v) is 4.54. The van der Waals surface area contributed by atoms with E-state index in [9.17, 15) is 0 Å². The average Bonchev–Trinajstić information content (AvgIpc) is 2.63. The topological polar surface area (TPSA) is 27.3 Å². The Balaban J connectivity index is 1.71. The van der Waals surface area contributed by atoms with Gasteiger partial charge >= 0.3 is 0 Å². The highest BCUT2D eigenvalue weighted by atomic mass is 32.1. The minimum Gasteiger partial charge on any atom is -0.372 e. The fraction of sp³-hybridized carbons (Fsp3) is 0.381. The second-order valence-electron chi connectivity index (χ2n) is 6.20. The molecule has 0 amide bonds. The highest BCUT2D eigenvalue weighted by Gasteiger charge is 2.04. The second-order valence-corrected chi connectivity index (χ2v) is 6.61.